The van der Waals surface area contributed by atoms with Crippen LogP contribution in [-0.4, -0.2) is 28.6 Å². The van der Waals surface area contributed by atoms with Crippen molar-refractivity contribution in [1.29, 1.82) is 0 Å². The number of hydrogen-bond donors (Lipinski definition) is 1. The van der Waals surface area contributed by atoms with E-state index in [4.69, 9.17) is 0 Å². The summed E-state index contributed by atoms with van der Waals surface area (Å²) in [6, 6.07) is 4.01. The molecule has 0 spiro atoms. The first-order chi connectivity index (χ1) is 9.01. The molecule has 106 valence electrons. The quantitative estimate of drug-likeness (QED) is 0.819. The Morgan fingerprint density at radius 1 is 1.37 bits per heavy atom. The van der Waals surface area contributed by atoms with Gasteiger partial charge in [-0.1, -0.05) is 27.7 Å². The first-order valence-corrected chi connectivity index (χ1v) is 6.96. The fourth-order valence-corrected chi connectivity index (χ4v) is 2.36. The molecule has 0 saturated carbocycles. The van der Waals surface area contributed by atoms with Crippen LogP contribution in [0.2, 0.25) is 0 Å². The molecule has 0 fully saturated rings. The molecular weight excluding hydrogens is 240 g/mol. The highest BCUT2D eigenvalue weighted by molar-refractivity contribution is 5.92. The largest absolute Gasteiger partial charge is 0.476 e. The molecule has 0 aliphatic carbocycles. The average molecular weight is 264 g/mol. The topological polar surface area (TPSA) is 53.4 Å². The van der Waals surface area contributed by atoms with Gasteiger partial charge in [0.05, 0.1) is 5.69 Å². The third-order valence-corrected chi connectivity index (χ3v) is 3.24. The monoisotopic (exact) mass is 264 g/mol. The van der Waals surface area contributed by atoms with Crippen molar-refractivity contribution in [3.8, 4) is 0 Å². The number of hydrogen-bond acceptors (Lipinski definition) is 3. The summed E-state index contributed by atoms with van der Waals surface area (Å²) in [6.45, 7) is 9.41. The predicted octanol–water partition coefficient (Wildman–Crippen LogP) is 3.43. The highest BCUT2D eigenvalue weighted by Gasteiger charge is 2.22. The van der Waals surface area contributed by atoms with Crippen LogP contribution in [0.1, 0.15) is 51.0 Å². The Morgan fingerprint density at radius 2 is 2.00 bits per heavy atom. The number of aromatic carboxylic acids is 1. The maximum absolute atomic E-state index is 11.3. The van der Waals surface area contributed by atoms with E-state index in [-0.39, 0.29) is 5.69 Å². The van der Waals surface area contributed by atoms with Crippen molar-refractivity contribution < 1.29 is 9.90 Å². The van der Waals surface area contributed by atoms with Crippen molar-refractivity contribution in [3.63, 3.8) is 0 Å². The normalized spacial score (nSPS) is 11.1. The molecule has 0 aromatic carbocycles. The number of carboxylic acid groups (broad SMARTS) is 1. The second-order valence-corrected chi connectivity index (χ2v) is 5.19. The van der Waals surface area contributed by atoms with Gasteiger partial charge in [0.1, 0.15) is 0 Å². The summed E-state index contributed by atoms with van der Waals surface area (Å²) in [5.74, 6) is -0.488. The average Bonchev–Trinajstić information content (AvgIpc) is 2.38. The predicted molar refractivity (Wildman–Crippen MR) is 77.8 cm³/mol. The van der Waals surface area contributed by atoms with Crippen LogP contribution in [0.25, 0.3) is 0 Å². The molecule has 4 nitrogen and oxygen atoms in total. The van der Waals surface area contributed by atoms with Crippen molar-refractivity contribution in [2.24, 2.45) is 5.92 Å². The molecule has 0 atom stereocenters. The van der Waals surface area contributed by atoms with Crippen LogP contribution in [0.5, 0.6) is 0 Å². The van der Waals surface area contributed by atoms with Crippen LogP contribution >= 0.6 is 0 Å². The van der Waals surface area contributed by atoms with Crippen molar-refractivity contribution in [1.82, 2.24) is 4.98 Å². The molecule has 0 radical (unpaired) electrons. The highest BCUT2D eigenvalue weighted by atomic mass is 16.4. The third-order valence-electron chi connectivity index (χ3n) is 3.24. The number of carboxylic acids is 1. The van der Waals surface area contributed by atoms with Crippen LogP contribution in [0.15, 0.2) is 18.3 Å². The number of anilines is 1. The number of rotatable bonds is 7. The van der Waals surface area contributed by atoms with Crippen molar-refractivity contribution in [2.75, 3.05) is 11.4 Å². The van der Waals surface area contributed by atoms with Gasteiger partial charge in [-0.05, 0) is 30.9 Å². The molecule has 1 heterocycles. The van der Waals surface area contributed by atoms with Gasteiger partial charge < -0.3 is 10.0 Å². The molecule has 0 unspecified atom stereocenters. The zero-order chi connectivity index (χ0) is 14.4. The lowest BCUT2D eigenvalue weighted by molar-refractivity contribution is 0.0691. The summed E-state index contributed by atoms with van der Waals surface area (Å²) in [5, 5.41) is 9.29. The second kappa shape index (κ2) is 7.12. The SMILES string of the molecule is CCC(CC)N(CC(C)C)c1cccnc1C(=O)O. The van der Waals surface area contributed by atoms with E-state index in [1.807, 2.05) is 6.07 Å². The lowest BCUT2D eigenvalue weighted by Gasteiger charge is -2.34. The van der Waals surface area contributed by atoms with Gasteiger partial charge in [-0.15, -0.1) is 0 Å². The lowest BCUT2D eigenvalue weighted by Crippen LogP contribution is -2.38. The molecule has 1 rings (SSSR count). The summed E-state index contributed by atoms with van der Waals surface area (Å²) in [7, 11) is 0. The van der Waals surface area contributed by atoms with Gasteiger partial charge in [-0.25, -0.2) is 9.78 Å². The van der Waals surface area contributed by atoms with Gasteiger partial charge >= 0.3 is 5.97 Å². The fraction of sp³-hybridized carbons (Fsp3) is 0.600. The summed E-state index contributed by atoms with van der Waals surface area (Å²) in [4.78, 5) is 17.5. The van der Waals surface area contributed by atoms with Crippen molar-refractivity contribution in [3.05, 3.63) is 24.0 Å². The third kappa shape index (κ3) is 3.94. The van der Waals surface area contributed by atoms with Crippen molar-refractivity contribution >= 4 is 11.7 Å². The maximum atomic E-state index is 11.3. The Morgan fingerprint density at radius 3 is 2.47 bits per heavy atom. The van der Waals surface area contributed by atoms with Gasteiger partial charge in [0.2, 0.25) is 0 Å². The summed E-state index contributed by atoms with van der Waals surface area (Å²) < 4.78 is 0. The molecular formula is C15H24N2O2. The molecule has 0 amide bonds. The highest BCUT2D eigenvalue weighted by Crippen LogP contribution is 2.24. The zero-order valence-electron chi connectivity index (χ0n) is 12.3. The Hall–Kier alpha value is -1.58. The Balaban J connectivity index is 3.20. The van der Waals surface area contributed by atoms with Gasteiger partial charge in [0.15, 0.2) is 5.69 Å². The fourth-order valence-electron chi connectivity index (χ4n) is 2.36. The smallest absolute Gasteiger partial charge is 0.356 e. The summed E-state index contributed by atoms with van der Waals surface area (Å²) in [5.41, 5.74) is 0.882. The minimum absolute atomic E-state index is 0.148. The van der Waals surface area contributed by atoms with E-state index >= 15 is 0 Å². The van der Waals surface area contributed by atoms with Gasteiger partial charge in [-0.3, -0.25) is 0 Å². The molecule has 1 aromatic heterocycles. The molecule has 4 heteroatoms. The van der Waals surface area contributed by atoms with Crippen LogP contribution in [0, 0.1) is 5.92 Å². The Bertz CT molecular complexity index is 414. The van der Waals surface area contributed by atoms with Crippen LogP contribution in [0.4, 0.5) is 5.69 Å². The van der Waals surface area contributed by atoms with E-state index in [1.165, 1.54) is 6.20 Å². The van der Waals surface area contributed by atoms with Gasteiger partial charge in [-0.2, -0.15) is 0 Å². The Kier molecular flexibility index (Phi) is 5.80. The van der Waals surface area contributed by atoms with Gasteiger partial charge in [0, 0.05) is 18.8 Å². The second-order valence-electron chi connectivity index (χ2n) is 5.19. The minimum atomic E-state index is -0.963. The Labute approximate surface area is 115 Å². The molecule has 0 aliphatic heterocycles. The zero-order valence-corrected chi connectivity index (χ0v) is 12.3. The van der Waals surface area contributed by atoms with E-state index in [0.29, 0.717) is 12.0 Å². The molecule has 1 N–H and O–H groups in total. The molecule has 1 aromatic rings. The number of nitrogens with zero attached hydrogens (tertiary/aromatic N) is 2. The van der Waals surface area contributed by atoms with E-state index in [0.717, 1.165) is 25.1 Å². The number of pyridine rings is 1. The lowest BCUT2D eigenvalue weighted by atomic mass is 10.1. The van der Waals surface area contributed by atoms with Gasteiger partial charge in [0.25, 0.3) is 0 Å². The summed E-state index contributed by atoms with van der Waals surface area (Å²) in [6.07, 6.45) is 3.53. The summed E-state index contributed by atoms with van der Waals surface area (Å²) >= 11 is 0. The first-order valence-electron chi connectivity index (χ1n) is 6.96. The van der Waals surface area contributed by atoms with E-state index in [1.54, 1.807) is 6.07 Å². The molecule has 0 saturated heterocycles. The standard InChI is InChI=1S/C15H24N2O2/c1-5-12(6-2)17(10-11(3)4)13-8-7-9-16-14(13)15(18)19/h7-9,11-12H,5-6,10H2,1-4H3,(H,18,19). The van der Waals surface area contributed by atoms with E-state index < -0.39 is 5.97 Å². The molecule has 19 heavy (non-hydrogen) atoms. The van der Waals surface area contributed by atoms with Crippen LogP contribution in [0.3, 0.4) is 0 Å². The number of aromatic nitrogens is 1. The van der Waals surface area contributed by atoms with Crippen molar-refractivity contribution in [2.45, 2.75) is 46.6 Å². The van der Waals surface area contributed by atoms with E-state index in [9.17, 15) is 9.90 Å². The maximum Gasteiger partial charge on any atom is 0.356 e. The van der Waals surface area contributed by atoms with Crippen LogP contribution < -0.4 is 4.90 Å². The molecule has 0 bridgehead atoms. The van der Waals surface area contributed by atoms with Crippen LogP contribution in [-0.2, 0) is 0 Å². The number of carbonyl (C=O) groups is 1. The minimum Gasteiger partial charge on any atom is -0.476 e. The first kappa shape index (κ1) is 15.5. The molecule has 0 aliphatic rings. The van der Waals surface area contributed by atoms with E-state index in [2.05, 4.69) is 37.6 Å².